The summed E-state index contributed by atoms with van der Waals surface area (Å²) in [5, 5.41) is 4.16. The van der Waals surface area contributed by atoms with Crippen molar-refractivity contribution in [3.05, 3.63) is 38.8 Å². The molecule has 1 unspecified atom stereocenters. The number of halogens is 1. The number of carbonyl (C=O) groups is 2. The molecule has 0 bridgehead atoms. The van der Waals surface area contributed by atoms with Crippen LogP contribution in [-0.4, -0.2) is 39.6 Å². The average molecular weight is 369 g/mol. The van der Waals surface area contributed by atoms with E-state index in [9.17, 15) is 9.59 Å². The molecule has 110 valence electrons. The van der Waals surface area contributed by atoms with Gasteiger partial charge >= 0.3 is 0 Å². The Morgan fingerprint density at radius 3 is 2.86 bits per heavy atom. The standard InChI is InChI=1S/C13H13BrN4O2S/c14-11-2-1-10(21-11)13(20)17-4-3-9(7-17)18-6-8(5-16-18)12(15)19/h1-2,5-6,9H,3-4,7H2,(H2,15,19). The number of aromatic nitrogens is 2. The van der Waals surface area contributed by atoms with Crippen molar-refractivity contribution in [2.75, 3.05) is 13.1 Å². The summed E-state index contributed by atoms with van der Waals surface area (Å²) in [4.78, 5) is 26.0. The molecule has 1 saturated heterocycles. The monoisotopic (exact) mass is 368 g/mol. The van der Waals surface area contributed by atoms with Crippen molar-refractivity contribution >= 4 is 39.1 Å². The van der Waals surface area contributed by atoms with E-state index in [1.165, 1.54) is 17.5 Å². The number of thiophene rings is 1. The molecule has 3 heterocycles. The Bertz CT molecular complexity index is 696. The molecule has 21 heavy (non-hydrogen) atoms. The van der Waals surface area contributed by atoms with Crippen molar-refractivity contribution in [3.63, 3.8) is 0 Å². The molecule has 0 saturated carbocycles. The molecule has 0 radical (unpaired) electrons. The van der Waals surface area contributed by atoms with Gasteiger partial charge in [-0.25, -0.2) is 0 Å². The van der Waals surface area contributed by atoms with Gasteiger partial charge in [-0.1, -0.05) is 0 Å². The fourth-order valence-corrected chi connectivity index (χ4v) is 3.75. The van der Waals surface area contributed by atoms with Crippen molar-refractivity contribution in [2.45, 2.75) is 12.5 Å². The third kappa shape index (κ3) is 2.86. The van der Waals surface area contributed by atoms with E-state index in [4.69, 9.17) is 5.73 Å². The summed E-state index contributed by atoms with van der Waals surface area (Å²) < 4.78 is 2.66. The predicted octanol–water partition coefficient (Wildman–Crippen LogP) is 1.89. The maximum atomic E-state index is 12.4. The normalized spacial score (nSPS) is 18.1. The molecule has 2 N–H and O–H groups in total. The molecule has 8 heteroatoms. The molecule has 1 atom stereocenters. The highest BCUT2D eigenvalue weighted by Crippen LogP contribution is 2.27. The van der Waals surface area contributed by atoms with Gasteiger partial charge in [-0.2, -0.15) is 5.10 Å². The Labute approximate surface area is 133 Å². The lowest BCUT2D eigenvalue weighted by Crippen LogP contribution is -2.28. The first-order chi connectivity index (χ1) is 10.0. The molecule has 2 aromatic rings. The number of primary amides is 1. The van der Waals surface area contributed by atoms with Crippen LogP contribution in [0.15, 0.2) is 28.3 Å². The molecule has 1 fully saturated rings. The van der Waals surface area contributed by atoms with Gasteiger partial charge in [-0.15, -0.1) is 11.3 Å². The van der Waals surface area contributed by atoms with E-state index in [1.807, 2.05) is 17.0 Å². The summed E-state index contributed by atoms with van der Waals surface area (Å²) in [7, 11) is 0. The second-order valence-corrected chi connectivity index (χ2v) is 7.33. The van der Waals surface area contributed by atoms with E-state index in [0.29, 0.717) is 18.7 Å². The van der Waals surface area contributed by atoms with E-state index in [1.54, 1.807) is 10.9 Å². The van der Waals surface area contributed by atoms with Crippen molar-refractivity contribution in [3.8, 4) is 0 Å². The van der Waals surface area contributed by atoms with E-state index < -0.39 is 5.91 Å². The quantitative estimate of drug-likeness (QED) is 0.897. The van der Waals surface area contributed by atoms with Gasteiger partial charge < -0.3 is 10.6 Å². The second kappa shape index (κ2) is 5.61. The van der Waals surface area contributed by atoms with Crippen LogP contribution in [0.25, 0.3) is 0 Å². The van der Waals surface area contributed by atoms with Crippen LogP contribution in [0.4, 0.5) is 0 Å². The topological polar surface area (TPSA) is 81.2 Å². The van der Waals surface area contributed by atoms with Gasteiger partial charge in [0.05, 0.1) is 26.5 Å². The fourth-order valence-electron chi connectivity index (χ4n) is 2.39. The Kier molecular flexibility index (Phi) is 3.81. The minimum absolute atomic E-state index is 0.0375. The molecular weight excluding hydrogens is 356 g/mol. The first kappa shape index (κ1) is 14.3. The van der Waals surface area contributed by atoms with Crippen LogP contribution in [0.2, 0.25) is 0 Å². The van der Waals surface area contributed by atoms with E-state index in [0.717, 1.165) is 15.1 Å². The molecule has 0 aromatic carbocycles. The highest BCUT2D eigenvalue weighted by molar-refractivity contribution is 9.11. The van der Waals surface area contributed by atoms with Gasteiger partial charge in [0.1, 0.15) is 0 Å². The van der Waals surface area contributed by atoms with Crippen LogP contribution < -0.4 is 5.73 Å². The van der Waals surface area contributed by atoms with E-state index in [-0.39, 0.29) is 11.9 Å². The van der Waals surface area contributed by atoms with Gasteiger partial charge in [-0.3, -0.25) is 14.3 Å². The minimum Gasteiger partial charge on any atom is -0.366 e. The third-order valence-corrected chi connectivity index (χ3v) is 5.11. The first-order valence-electron chi connectivity index (χ1n) is 6.43. The van der Waals surface area contributed by atoms with Crippen LogP contribution in [0.1, 0.15) is 32.5 Å². The average Bonchev–Trinajstić information content (AvgIpc) is 3.17. The number of hydrogen-bond acceptors (Lipinski definition) is 4. The predicted molar refractivity (Wildman–Crippen MR) is 82.3 cm³/mol. The van der Waals surface area contributed by atoms with Crippen LogP contribution in [0.3, 0.4) is 0 Å². The summed E-state index contributed by atoms with van der Waals surface area (Å²) in [5.41, 5.74) is 5.61. The van der Waals surface area contributed by atoms with Crippen molar-refractivity contribution < 1.29 is 9.59 Å². The molecule has 2 amide bonds. The molecule has 1 aliphatic rings. The number of nitrogens with two attached hydrogens (primary N) is 1. The van der Waals surface area contributed by atoms with Crippen LogP contribution in [-0.2, 0) is 0 Å². The SMILES string of the molecule is NC(=O)c1cnn(C2CCN(C(=O)c3ccc(Br)s3)C2)c1. The zero-order chi connectivity index (χ0) is 15.0. The lowest BCUT2D eigenvalue weighted by atomic mass is 10.2. The van der Waals surface area contributed by atoms with Gasteiger partial charge in [0, 0.05) is 19.3 Å². The summed E-state index contributed by atoms with van der Waals surface area (Å²) >= 11 is 4.79. The summed E-state index contributed by atoms with van der Waals surface area (Å²) in [6, 6.07) is 3.78. The molecule has 6 nitrogen and oxygen atoms in total. The zero-order valence-electron chi connectivity index (χ0n) is 11.0. The molecule has 3 rings (SSSR count). The summed E-state index contributed by atoms with van der Waals surface area (Å²) in [6.07, 6.45) is 3.92. The molecule has 0 aliphatic carbocycles. The van der Waals surface area contributed by atoms with Crippen LogP contribution in [0, 0.1) is 0 Å². The number of carbonyl (C=O) groups excluding carboxylic acids is 2. The number of rotatable bonds is 3. The minimum atomic E-state index is -0.490. The number of amides is 2. The molecular formula is C13H13BrN4O2S. The lowest BCUT2D eigenvalue weighted by molar-refractivity contribution is 0.0791. The highest BCUT2D eigenvalue weighted by atomic mass is 79.9. The van der Waals surface area contributed by atoms with Crippen LogP contribution >= 0.6 is 27.3 Å². The maximum Gasteiger partial charge on any atom is 0.264 e. The Balaban J connectivity index is 1.70. The second-order valence-electron chi connectivity index (χ2n) is 4.87. The summed E-state index contributed by atoms with van der Waals surface area (Å²) in [5.74, 6) is -0.453. The highest BCUT2D eigenvalue weighted by Gasteiger charge is 2.29. The lowest BCUT2D eigenvalue weighted by Gasteiger charge is -2.15. The van der Waals surface area contributed by atoms with Gasteiger partial charge in [0.25, 0.3) is 11.8 Å². The molecule has 1 aliphatic heterocycles. The van der Waals surface area contributed by atoms with Crippen molar-refractivity contribution in [2.24, 2.45) is 5.73 Å². The zero-order valence-corrected chi connectivity index (χ0v) is 13.4. The Morgan fingerprint density at radius 1 is 1.43 bits per heavy atom. The fraction of sp³-hybridized carbons (Fsp3) is 0.308. The van der Waals surface area contributed by atoms with Crippen molar-refractivity contribution in [1.29, 1.82) is 0 Å². The Hall–Kier alpha value is -1.67. The van der Waals surface area contributed by atoms with E-state index >= 15 is 0 Å². The van der Waals surface area contributed by atoms with E-state index in [2.05, 4.69) is 21.0 Å². The van der Waals surface area contributed by atoms with Gasteiger partial charge in [0.15, 0.2) is 0 Å². The van der Waals surface area contributed by atoms with Gasteiger partial charge in [0.2, 0.25) is 0 Å². The van der Waals surface area contributed by atoms with Crippen molar-refractivity contribution in [1.82, 2.24) is 14.7 Å². The third-order valence-electron chi connectivity index (χ3n) is 3.49. The Morgan fingerprint density at radius 2 is 2.24 bits per heavy atom. The summed E-state index contributed by atoms with van der Waals surface area (Å²) in [6.45, 7) is 1.28. The molecule has 2 aromatic heterocycles. The number of nitrogens with zero attached hydrogens (tertiary/aromatic N) is 3. The largest absolute Gasteiger partial charge is 0.366 e. The number of hydrogen-bond donors (Lipinski definition) is 1. The number of likely N-dealkylation sites (tertiary alicyclic amines) is 1. The molecule has 0 spiro atoms. The van der Waals surface area contributed by atoms with Crippen LogP contribution in [0.5, 0.6) is 0 Å². The first-order valence-corrected chi connectivity index (χ1v) is 8.04. The maximum absolute atomic E-state index is 12.4. The smallest absolute Gasteiger partial charge is 0.264 e. The van der Waals surface area contributed by atoms with Gasteiger partial charge in [-0.05, 0) is 34.5 Å².